The second kappa shape index (κ2) is 10.9. The number of nitriles is 1. The lowest BCUT2D eigenvalue weighted by atomic mass is 9.91. The van der Waals surface area contributed by atoms with Gasteiger partial charge in [0, 0.05) is 36.1 Å². The van der Waals surface area contributed by atoms with E-state index < -0.39 is 6.09 Å². The first-order valence-corrected chi connectivity index (χ1v) is 12.7. The first kappa shape index (κ1) is 24.7. The number of carbonyl (C=O) groups is 2. The Morgan fingerprint density at radius 1 is 1.34 bits per heavy atom. The van der Waals surface area contributed by atoms with Crippen LogP contribution in [0.5, 0.6) is 0 Å². The molecular weight excluding hydrogens is 460 g/mol. The largest absolute Gasteiger partial charge is 0.446 e. The molecule has 2 heterocycles. The quantitative estimate of drug-likeness (QED) is 0.491. The van der Waals surface area contributed by atoms with Crippen LogP contribution in [0, 0.1) is 18.3 Å². The summed E-state index contributed by atoms with van der Waals surface area (Å²) in [6, 6.07) is 14.3. The number of amides is 1. The van der Waals surface area contributed by atoms with E-state index in [-0.39, 0.29) is 24.2 Å². The lowest BCUT2D eigenvalue weighted by Gasteiger charge is -2.22. The number of nitrogens with zero attached hydrogens (tertiary/aromatic N) is 3. The number of thiophene rings is 1. The Bertz CT molecular complexity index is 1260. The monoisotopic (exact) mass is 490 g/mol. The number of rotatable bonds is 8. The molecule has 3 aromatic rings. The van der Waals surface area contributed by atoms with Gasteiger partial charge in [-0.05, 0) is 42.9 Å². The summed E-state index contributed by atoms with van der Waals surface area (Å²) in [4.78, 5) is 27.0. The fourth-order valence-electron chi connectivity index (χ4n) is 4.65. The van der Waals surface area contributed by atoms with Crippen molar-refractivity contribution >= 4 is 23.2 Å². The molecule has 0 spiro atoms. The van der Waals surface area contributed by atoms with Gasteiger partial charge >= 0.3 is 6.09 Å². The Balaban J connectivity index is 1.34. The van der Waals surface area contributed by atoms with Gasteiger partial charge in [0.2, 0.25) is 0 Å². The fourth-order valence-corrected chi connectivity index (χ4v) is 6.04. The third-order valence-corrected chi connectivity index (χ3v) is 7.71. The Hall–Kier alpha value is -3.44. The summed E-state index contributed by atoms with van der Waals surface area (Å²) in [5.74, 6) is 0.268. The zero-order chi connectivity index (χ0) is 24.9. The molecule has 1 amide bonds. The third kappa shape index (κ3) is 5.98. The molecule has 1 N–H and O–H groups in total. The van der Waals surface area contributed by atoms with Crippen molar-refractivity contribution in [2.24, 2.45) is 7.05 Å². The number of alkyl carbamates (subject to hydrolysis) is 1. The maximum absolute atomic E-state index is 12.8. The highest BCUT2D eigenvalue weighted by Gasteiger charge is 2.28. The van der Waals surface area contributed by atoms with Gasteiger partial charge in [0.05, 0.1) is 23.5 Å². The number of hydrogen-bond donors (Lipinski definition) is 1. The van der Waals surface area contributed by atoms with Crippen molar-refractivity contribution in [2.45, 2.75) is 64.5 Å². The summed E-state index contributed by atoms with van der Waals surface area (Å²) >= 11 is 1.52. The van der Waals surface area contributed by atoms with Crippen molar-refractivity contribution in [3.63, 3.8) is 0 Å². The minimum atomic E-state index is -0.459. The van der Waals surface area contributed by atoms with Crippen molar-refractivity contribution in [1.29, 1.82) is 5.26 Å². The van der Waals surface area contributed by atoms with E-state index in [1.54, 1.807) is 4.68 Å². The standard InChI is InChI=1S/C27H30N4O3S/c1-17(19-7-5-4-6-8-19)11-21(32)13-25-24(15-28)23-10-9-22(14-26(23)35-25)34-27(33)29-16-20-12-18(2)30-31(20)3/h4-8,12,17,22H,9-11,13-14,16H2,1-3H3,(H,29,33). The molecule has 8 heteroatoms. The smallest absolute Gasteiger partial charge is 0.407 e. The lowest BCUT2D eigenvalue weighted by Crippen LogP contribution is -2.32. The summed E-state index contributed by atoms with van der Waals surface area (Å²) in [7, 11) is 1.84. The Kier molecular flexibility index (Phi) is 7.67. The highest BCUT2D eigenvalue weighted by Crippen LogP contribution is 2.36. The predicted molar refractivity (Wildman–Crippen MR) is 134 cm³/mol. The van der Waals surface area contributed by atoms with Crippen molar-refractivity contribution in [3.05, 3.63) is 74.2 Å². The molecule has 0 aliphatic heterocycles. The van der Waals surface area contributed by atoms with Crippen LogP contribution in [0.1, 0.15) is 63.5 Å². The van der Waals surface area contributed by atoms with Crippen LogP contribution in [-0.4, -0.2) is 27.8 Å². The van der Waals surface area contributed by atoms with Crippen LogP contribution in [0.2, 0.25) is 0 Å². The molecule has 1 aromatic carbocycles. The van der Waals surface area contributed by atoms with Gasteiger partial charge in [-0.2, -0.15) is 10.4 Å². The number of hydrogen-bond acceptors (Lipinski definition) is 6. The van der Waals surface area contributed by atoms with Gasteiger partial charge < -0.3 is 10.1 Å². The predicted octanol–water partition coefficient (Wildman–Crippen LogP) is 4.75. The molecule has 0 saturated carbocycles. The molecule has 1 aliphatic rings. The zero-order valence-corrected chi connectivity index (χ0v) is 21.2. The first-order chi connectivity index (χ1) is 16.8. The highest BCUT2D eigenvalue weighted by molar-refractivity contribution is 7.12. The van der Waals surface area contributed by atoms with E-state index in [2.05, 4.69) is 23.4 Å². The molecule has 2 aromatic heterocycles. The summed E-state index contributed by atoms with van der Waals surface area (Å²) in [6.07, 6.45) is 1.91. The second-order valence-corrected chi connectivity index (χ2v) is 10.4. The summed E-state index contributed by atoms with van der Waals surface area (Å²) in [6.45, 7) is 4.31. The van der Waals surface area contributed by atoms with E-state index in [4.69, 9.17) is 4.74 Å². The Morgan fingerprint density at radius 2 is 2.11 bits per heavy atom. The van der Waals surface area contributed by atoms with E-state index in [9.17, 15) is 14.9 Å². The maximum atomic E-state index is 12.8. The summed E-state index contributed by atoms with van der Waals surface area (Å²) in [5.41, 5.74) is 4.59. The number of ketones is 1. The van der Waals surface area contributed by atoms with Crippen LogP contribution in [-0.2, 0) is 42.4 Å². The summed E-state index contributed by atoms with van der Waals surface area (Å²) < 4.78 is 7.40. The number of nitrogens with one attached hydrogen (secondary N) is 1. The average molecular weight is 491 g/mol. The van der Waals surface area contributed by atoms with Crippen LogP contribution in [0.4, 0.5) is 4.79 Å². The number of fused-ring (bicyclic) bond motifs is 1. The van der Waals surface area contributed by atoms with E-state index in [1.165, 1.54) is 11.3 Å². The van der Waals surface area contributed by atoms with Crippen LogP contribution < -0.4 is 5.32 Å². The van der Waals surface area contributed by atoms with E-state index >= 15 is 0 Å². The van der Waals surface area contributed by atoms with Crippen LogP contribution in [0.15, 0.2) is 36.4 Å². The molecule has 4 rings (SSSR count). The molecule has 1 aliphatic carbocycles. The van der Waals surface area contributed by atoms with Crippen molar-refractivity contribution < 1.29 is 14.3 Å². The number of carbonyl (C=O) groups excluding carboxylic acids is 2. The van der Waals surface area contributed by atoms with Crippen molar-refractivity contribution in [1.82, 2.24) is 15.1 Å². The number of benzene rings is 1. The molecule has 7 nitrogen and oxygen atoms in total. The first-order valence-electron chi connectivity index (χ1n) is 11.9. The van der Waals surface area contributed by atoms with Crippen molar-refractivity contribution in [3.8, 4) is 6.07 Å². The van der Waals surface area contributed by atoms with Gasteiger partial charge in [-0.25, -0.2) is 4.79 Å². The Morgan fingerprint density at radius 3 is 2.80 bits per heavy atom. The fraction of sp³-hybridized carbons (Fsp3) is 0.407. The molecule has 2 unspecified atom stereocenters. The van der Waals surface area contributed by atoms with Gasteiger partial charge in [-0.1, -0.05) is 37.3 Å². The number of aromatic nitrogens is 2. The SMILES string of the molecule is Cc1cc(CNC(=O)OC2CCc3c(sc(CC(=O)CC(C)c4ccccc4)c3C#N)C2)n(C)n1. The van der Waals surface area contributed by atoms with Gasteiger partial charge in [-0.15, -0.1) is 11.3 Å². The number of ether oxygens (including phenoxy) is 1. The zero-order valence-electron chi connectivity index (χ0n) is 20.3. The minimum Gasteiger partial charge on any atom is -0.446 e. The summed E-state index contributed by atoms with van der Waals surface area (Å²) in [5, 5.41) is 16.9. The van der Waals surface area contributed by atoms with E-state index in [1.807, 2.05) is 50.4 Å². The van der Waals surface area contributed by atoms with E-state index in [0.29, 0.717) is 37.8 Å². The van der Waals surface area contributed by atoms with Gasteiger partial charge in [0.1, 0.15) is 18.0 Å². The molecule has 2 atom stereocenters. The normalized spacial score (nSPS) is 15.7. The van der Waals surface area contributed by atoms with Crippen LogP contribution in [0.3, 0.4) is 0 Å². The third-order valence-electron chi connectivity index (χ3n) is 6.45. The number of aryl methyl sites for hydroxylation is 2. The Labute approximate surface area is 209 Å². The molecule has 0 radical (unpaired) electrons. The second-order valence-electron chi connectivity index (χ2n) is 9.17. The van der Waals surface area contributed by atoms with Crippen LogP contribution in [0.25, 0.3) is 0 Å². The molecule has 0 saturated heterocycles. The van der Waals surface area contributed by atoms with Gasteiger partial charge in [0.25, 0.3) is 0 Å². The van der Waals surface area contributed by atoms with E-state index in [0.717, 1.165) is 32.3 Å². The van der Waals surface area contributed by atoms with Crippen molar-refractivity contribution in [2.75, 3.05) is 0 Å². The highest BCUT2D eigenvalue weighted by atomic mass is 32.1. The lowest BCUT2D eigenvalue weighted by molar-refractivity contribution is -0.118. The molecule has 0 fully saturated rings. The topological polar surface area (TPSA) is 97.0 Å². The minimum absolute atomic E-state index is 0.133. The average Bonchev–Trinajstić information content (AvgIpc) is 3.34. The molecule has 182 valence electrons. The van der Waals surface area contributed by atoms with Gasteiger partial charge in [0.15, 0.2) is 0 Å². The maximum Gasteiger partial charge on any atom is 0.407 e. The van der Waals surface area contributed by atoms with Crippen LogP contribution >= 0.6 is 11.3 Å². The molecular formula is C27H30N4O3S. The van der Waals surface area contributed by atoms with Gasteiger partial charge in [-0.3, -0.25) is 9.48 Å². The molecule has 35 heavy (non-hydrogen) atoms. The molecule has 0 bridgehead atoms. The number of Topliss-reactive ketones (excluding diaryl/α,β-unsaturated/α-hetero) is 1.